The van der Waals surface area contributed by atoms with Crippen molar-refractivity contribution in [2.45, 2.75) is 33.2 Å². The normalized spacial score (nSPS) is 12.6. The topological polar surface area (TPSA) is 64.3 Å². The summed E-state index contributed by atoms with van der Waals surface area (Å²) >= 11 is 0. The van der Waals surface area contributed by atoms with Crippen LogP contribution in [0, 0.1) is 12.8 Å². The zero-order chi connectivity index (χ0) is 17.5. The molecule has 0 bridgehead atoms. The molecule has 2 aromatic carbocycles. The Balaban J connectivity index is 0.00000312. The minimum Gasteiger partial charge on any atom is -0.494 e. The maximum atomic E-state index is 12.5. The number of nitrogens with two attached hydrogens (primary N) is 1. The number of anilines is 1. The Morgan fingerprint density at radius 1 is 1.20 bits per heavy atom. The first-order valence-corrected chi connectivity index (χ1v) is 8.37. The fourth-order valence-electron chi connectivity index (χ4n) is 2.46. The molecular weight excluding hydrogens is 336 g/mol. The molecule has 3 N–H and O–H groups in total. The first-order chi connectivity index (χ1) is 11.5. The van der Waals surface area contributed by atoms with Gasteiger partial charge in [0.1, 0.15) is 5.75 Å². The quantitative estimate of drug-likeness (QED) is 0.763. The lowest BCUT2D eigenvalue weighted by atomic mass is 9.94. The standard InChI is InChI=1S/C20H26N2O2.ClH/c1-4-12-24-17-10-11-18(14(2)13-17)22-20(23)15(3)19(21)16-8-6-5-7-9-16;/h5-11,13,15,19H,4,12,21H2,1-3H3,(H,22,23);1H. The monoisotopic (exact) mass is 362 g/mol. The molecule has 4 nitrogen and oxygen atoms in total. The summed E-state index contributed by atoms with van der Waals surface area (Å²) < 4.78 is 5.61. The highest BCUT2D eigenvalue weighted by Crippen LogP contribution is 2.24. The lowest BCUT2D eigenvalue weighted by Crippen LogP contribution is -2.30. The molecule has 0 saturated carbocycles. The summed E-state index contributed by atoms with van der Waals surface area (Å²) in [5.74, 6) is 0.404. The zero-order valence-electron chi connectivity index (χ0n) is 15.0. The van der Waals surface area contributed by atoms with Crippen molar-refractivity contribution in [3.63, 3.8) is 0 Å². The van der Waals surface area contributed by atoms with E-state index in [0.717, 1.165) is 29.0 Å². The van der Waals surface area contributed by atoms with Crippen LogP contribution in [0.3, 0.4) is 0 Å². The molecule has 5 heteroatoms. The van der Waals surface area contributed by atoms with Crippen LogP contribution in [0.1, 0.15) is 37.4 Å². The van der Waals surface area contributed by atoms with E-state index < -0.39 is 0 Å². The van der Waals surface area contributed by atoms with Crippen molar-refractivity contribution >= 4 is 24.0 Å². The third-order valence-corrected chi connectivity index (χ3v) is 4.07. The SMILES string of the molecule is CCCOc1ccc(NC(=O)C(C)C(N)c2ccccc2)c(C)c1.Cl. The molecule has 0 aromatic heterocycles. The van der Waals surface area contributed by atoms with Crippen molar-refractivity contribution in [1.82, 2.24) is 0 Å². The van der Waals surface area contributed by atoms with E-state index in [9.17, 15) is 4.79 Å². The minimum atomic E-state index is -0.335. The number of benzene rings is 2. The van der Waals surface area contributed by atoms with Crippen molar-refractivity contribution in [2.75, 3.05) is 11.9 Å². The second-order valence-corrected chi connectivity index (χ2v) is 6.04. The molecule has 2 rings (SSSR count). The summed E-state index contributed by atoms with van der Waals surface area (Å²) in [6, 6.07) is 15.0. The molecule has 0 aliphatic carbocycles. The number of nitrogens with one attached hydrogen (secondary N) is 1. The number of amides is 1. The van der Waals surface area contributed by atoms with Crippen molar-refractivity contribution in [3.05, 3.63) is 59.7 Å². The Morgan fingerprint density at radius 3 is 2.48 bits per heavy atom. The number of aryl methyl sites for hydroxylation is 1. The Hall–Kier alpha value is -2.04. The van der Waals surface area contributed by atoms with Crippen molar-refractivity contribution in [1.29, 1.82) is 0 Å². The number of halogens is 1. The fourth-order valence-corrected chi connectivity index (χ4v) is 2.46. The second kappa shape index (κ2) is 10.1. The smallest absolute Gasteiger partial charge is 0.229 e. The van der Waals surface area contributed by atoms with Crippen molar-refractivity contribution in [3.8, 4) is 5.75 Å². The predicted molar refractivity (Wildman–Crippen MR) is 105 cm³/mol. The molecule has 0 fully saturated rings. The van der Waals surface area contributed by atoms with Crippen LogP contribution in [0.15, 0.2) is 48.5 Å². The highest BCUT2D eigenvalue weighted by atomic mass is 35.5. The number of carbonyl (C=O) groups is 1. The van der Waals surface area contributed by atoms with Crippen molar-refractivity contribution < 1.29 is 9.53 Å². The van der Waals surface area contributed by atoms with Crippen LogP contribution in [0.25, 0.3) is 0 Å². The van der Waals surface area contributed by atoms with Crippen molar-refractivity contribution in [2.24, 2.45) is 11.7 Å². The predicted octanol–water partition coefficient (Wildman–Crippen LogP) is 4.48. The van der Waals surface area contributed by atoms with Gasteiger partial charge in [0, 0.05) is 11.7 Å². The highest BCUT2D eigenvalue weighted by Gasteiger charge is 2.22. The number of hydrogen-bond donors (Lipinski definition) is 2. The van der Waals surface area contributed by atoms with Crippen LogP contribution in [0.2, 0.25) is 0 Å². The molecule has 136 valence electrons. The van der Waals surface area contributed by atoms with Gasteiger partial charge in [0.2, 0.25) is 5.91 Å². The lowest BCUT2D eigenvalue weighted by molar-refractivity contribution is -0.120. The summed E-state index contributed by atoms with van der Waals surface area (Å²) in [6.45, 7) is 6.56. The minimum absolute atomic E-state index is 0. The van der Waals surface area contributed by atoms with Crippen LogP contribution in [0.5, 0.6) is 5.75 Å². The van der Waals surface area contributed by atoms with Gasteiger partial charge in [-0.05, 0) is 42.7 Å². The largest absolute Gasteiger partial charge is 0.494 e. The molecular formula is C20H27ClN2O2. The Kier molecular flexibility index (Phi) is 8.46. The molecule has 0 aliphatic heterocycles. The van der Waals surface area contributed by atoms with Gasteiger partial charge >= 0.3 is 0 Å². The van der Waals surface area contributed by atoms with E-state index in [1.807, 2.05) is 62.4 Å². The van der Waals surface area contributed by atoms with Gasteiger partial charge < -0.3 is 15.8 Å². The second-order valence-electron chi connectivity index (χ2n) is 6.04. The van der Waals surface area contributed by atoms with Crippen LogP contribution in [-0.4, -0.2) is 12.5 Å². The molecule has 1 amide bonds. The van der Waals surface area contributed by atoms with Gasteiger partial charge in [0.25, 0.3) is 0 Å². The van der Waals surface area contributed by atoms with Gasteiger partial charge in [0.15, 0.2) is 0 Å². The summed E-state index contributed by atoms with van der Waals surface area (Å²) in [5, 5.41) is 2.97. The summed E-state index contributed by atoms with van der Waals surface area (Å²) in [4.78, 5) is 12.5. The van der Waals surface area contributed by atoms with Gasteiger partial charge in [0.05, 0.1) is 12.5 Å². The molecule has 0 aliphatic rings. The van der Waals surface area contributed by atoms with Gasteiger partial charge in [-0.3, -0.25) is 4.79 Å². The number of carbonyl (C=O) groups excluding carboxylic acids is 1. The third-order valence-electron chi connectivity index (χ3n) is 4.07. The van der Waals surface area contributed by atoms with Crippen LogP contribution in [-0.2, 0) is 4.79 Å². The number of hydrogen-bond acceptors (Lipinski definition) is 3. The summed E-state index contributed by atoms with van der Waals surface area (Å²) in [6.07, 6.45) is 0.965. The van der Waals surface area contributed by atoms with E-state index in [4.69, 9.17) is 10.5 Å². The average Bonchev–Trinajstić information content (AvgIpc) is 2.61. The van der Waals surface area contributed by atoms with Crippen LogP contribution >= 0.6 is 12.4 Å². The molecule has 0 radical (unpaired) electrons. The van der Waals surface area contributed by atoms with Gasteiger partial charge in [-0.2, -0.15) is 0 Å². The molecule has 2 unspecified atom stereocenters. The average molecular weight is 363 g/mol. The zero-order valence-corrected chi connectivity index (χ0v) is 15.8. The van der Waals surface area contributed by atoms with Crippen LogP contribution in [0.4, 0.5) is 5.69 Å². The molecule has 0 spiro atoms. The Bertz CT molecular complexity index is 677. The summed E-state index contributed by atoms with van der Waals surface area (Å²) in [5.41, 5.74) is 8.95. The van der Waals surface area contributed by atoms with Gasteiger partial charge in [-0.1, -0.05) is 44.2 Å². The Morgan fingerprint density at radius 2 is 1.88 bits per heavy atom. The molecule has 2 aromatic rings. The molecule has 25 heavy (non-hydrogen) atoms. The fraction of sp³-hybridized carbons (Fsp3) is 0.350. The van der Waals surface area contributed by atoms with E-state index in [0.29, 0.717) is 6.61 Å². The van der Waals surface area contributed by atoms with E-state index >= 15 is 0 Å². The van der Waals surface area contributed by atoms with E-state index in [1.54, 1.807) is 0 Å². The maximum absolute atomic E-state index is 12.5. The lowest BCUT2D eigenvalue weighted by Gasteiger charge is -2.20. The maximum Gasteiger partial charge on any atom is 0.229 e. The number of ether oxygens (including phenoxy) is 1. The van der Waals surface area contributed by atoms with E-state index in [2.05, 4.69) is 12.2 Å². The van der Waals surface area contributed by atoms with Gasteiger partial charge in [-0.25, -0.2) is 0 Å². The molecule has 0 saturated heterocycles. The van der Waals surface area contributed by atoms with Crippen LogP contribution < -0.4 is 15.8 Å². The first-order valence-electron chi connectivity index (χ1n) is 8.37. The molecule has 2 atom stereocenters. The molecule has 0 heterocycles. The summed E-state index contributed by atoms with van der Waals surface area (Å²) in [7, 11) is 0. The van der Waals surface area contributed by atoms with E-state index in [1.165, 1.54) is 0 Å². The first kappa shape index (κ1) is 21.0. The number of rotatable bonds is 7. The highest BCUT2D eigenvalue weighted by molar-refractivity contribution is 5.93. The van der Waals surface area contributed by atoms with E-state index in [-0.39, 0.29) is 30.3 Å². The third kappa shape index (κ3) is 5.76. The Labute approximate surface area is 156 Å². The van der Waals surface area contributed by atoms with Gasteiger partial charge in [-0.15, -0.1) is 12.4 Å².